The van der Waals surface area contributed by atoms with Crippen molar-refractivity contribution in [3.63, 3.8) is 0 Å². The van der Waals surface area contributed by atoms with E-state index in [1.54, 1.807) is 0 Å². The minimum Gasteiger partial charge on any atom is -0.374 e. The monoisotopic (exact) mass is 776 g/mol. The smallest absolute Gasteiger partial charge is 0.0707 e. The van der Waals surface area contributed by atoms with E-state index in [-0.39, 0.29) is 6.04 Å². The lowest BCUT2D eigenvalue weighted by Gasteiger charge is -2.26. The van der Waals surface area contributed by atoms with Crippen molar-refractivity contribution in [2.75, 3.05) is 0 Å². The maximum Gasteiger partial charge on any atom is 0.0707 e. The predicted molar refractivity (Wildman–Crippen MR) is 259 cm³/mol. The number of para-hydroxylation sites is 2. The number of hydrogen-bond donors (Lipinski definition) is 1. The number of rotatable bonds is 6. The fourth-order valence-corrected chi connectivity index (χ4v) is 9.75. The summed E-state index contributed by atoms with van der Waals surface area (Å²) in [5.41, 5.74) is 14.4. The number of benzene rings is 10. The Morgan fingerprint density at radius 1 is 0.377 bits per heavy atom. The number of aromatic nitrogens is 1. The molecule has 1 atom stereocenters. The summed E-state index contributed by atoms with van der Waals surface area (Å²) in [5.74, 6) is 0. The standard InChI is InChI=1S/C59H40N2/c1-4-16-39(17-5-1)41-28-32-43(33-29-41)54-36-45(40-18-6-2-7-19-40)37-55(60-54)44-34-30-42(31-35-44)52-38-53-48-23-11-13-25-50(48)59-58(57(53)49-24-12-10-22-47(49)52)51-26-14-15-27-56(51)61(59)46-20-8-3-9-21-46/h1-38,55,60H. The van der Waals surface area contributed by atoms with Crippen molar-refractivity contribution in [2.45, 2.75) is 6.04 Å². The molecule has 286 valence electrons. The maximum absolute atomic E-state index is 3.91. The lowest BCUT2D eigenvalue weighted by atomic mass is 9.88. The third-order valence-electron chi connectivity index (χ3n) is 12.6. The highest BCUT2D eigenvalue weighted by Gasteiger charge is 2.23. The first-order valence-corrected chi connectivity index (χ1v) is 21.1. The highest BCUT2D eigenvalue weighted by Crippen LogP contribution is 2.47. The van der Waals surface area contributed by atoms with Crippen LogP contribution in [0.3, 0.4) is 0 Å². The van der Waals surface area contributed by atoms with Crippen LogP contribution in [0.4, 0.5) is 0 Å². The summed E-state index contributed by atoms with van der Waals surface area (Å²) in [4.78, 5) is 0. The second-order valence-electron chi connectivity index (χ2n) is 16.1. The van der Waals surface area contributed by atoms with E-state index in [0.29, 0.717) is 0 Å². The minimum absolute atomic E-state index is 0.00874. The van der Waals surface area contributed by atoms with Crippen LogP contribution in [0.25, 0.3) is 93.3 Å². The van der Waals surface area contributed by atoms with E-state index in [0.717, 1.165) is 5.70 Å². The van der Waals surface area contributed by atoms with Crippen LogP contribution in [0, 0.1) is 0 Å². The van der Waals surface area contributed by atoms with Gasteiger partial charge < -0.3 is 9.88 Å². The molecular formula is C59H40N2. The van der Waals surface area contributed by atoms with E-state index in [4.69, 9.17) is 0 Å². The van der Waals surface area contributed by atoms with Crippen LogP contribution < -0.4 is 5.32 Å². The van der Waals surface area contributed by atoms with Gasteiger partial charge in [-0.2, -0.15) is 0 Å². The van der Waals surface area contributed by atoms with Crippen molar-refractivity contribution >= 4 is 65.4 Å². The van der Waals surface area contributed by atoms with E-state index in [1.165, 1.54) is 104 Å². The molecule has 0 radical (unpaired) electrons. The van der Waals surface area contributed by atoms with Gasteiger partial charge in [0, 0.05) is 32.9 Å². The van der Waals surface area contributed by atoms with Crippen LogP contribution in [0.1, 0.15) is 22.7 Å². The molecule has 2 heteroatoms. The van der Waals surface area contributed by atoms with Gasteiger partial charge in [0.25, 0.3) is 0 Å². The molecule has 0 saturated heterocycles. The van der Waals surface area contributed by atoms with Crippen molar-refractivity contribution in [1.29, 1.82) is 0 Å². The molecule has 11 aromatic rings. The van der Waals surface area contributed by atoms with Crippen LogP contribution in [0.15, 0.2) is 231 Å². The molecule has 1 aliphatic rings. The molecule has 0 spiro atoms. The van der Waals surface area contributed by atoms with E-state index in [1.807, 2.05) is 0 Å². The number of nitrogens with zero attached hydrogens (tertiary/aromatic N) is 1. The molecule has 0 amide bonds. The Bertz CT molecular complexity index is 3500. The topological polar surface area (TPSA) is 17.0 Å². The van der Waals surface area contributed by atoms with Crippen LogP contribution in [-0.2, 0) is 0 Å². The van der Waals surface area contributed by atoms with Crippen LogP contribution in [0.5, 0.6) is 0 Å². The first kappa shape index (κ1) is 35.0. The molecule has 12 rings (SSSR count). The summed E-state index contributed by atoms with van der Waals surface area (Å²) < 4.78 is 2.46. The predicted octanol–water partition coefficient (Wildman–Crippen LogP) is 15.3. The van der Waals surface area contributed by atoms with Gasteiger partial charge in [0.15, 0.2) is 0 Å². The molecule has 1 N–H and O–H groups in total. The zero-order valence-electron chi connectivity index (χ0n) is 33.5. The summed E-state index contributed by atoms with van der Waals surface area (Å²) in [7, 11) is 0. The van der Waals surface area contributed by atoms with Gasteiger partial charge in [0.2, 0.25) is 0 Å². The molecular weight excluding hydrogens is 737 g/mol. The molecule has 0 bridgehead atoms. The van der Waals surface area contributed by atoms with Gasteiger partial charge in [-0.3, -0.25) is 0 Å². The molecule has 2 heterocycles. The molecule has 2 nitrogen and oxygen atoms in total. The Balaban J connectivity index is 0.997. The fourth-order valence-electron chi connectivity index (χ4n) is 9.75. The molecule has 1 aromatic heterocycles. The molecule has 1 unspecified atom stereocenters. The average molecular weight is 777 g/mol. The molecule has 0 saturated carbocycles. The van der Waals surface area contributed by atoms with Crippen molar-refractivity contribution in [3.05, 3.63) is 247 Å². The number of dihydropyridines is 1. The Morgan fingerprint density at radius 3 is 1.64 bits per heavy atom. The fraction of sp³-hybridized carbons (Fsp3) is 0.0169. The van der Waals surface area contributed by atoms with E-state index in [9.17, 15) is 0 Å². The van der Waals surface area contributed by atoms with E-state index < -0.39 is 0 Å². The highest BCUT2D eigenvalue weighted by atomic mass is 15.0. The Kier molecular flexibility index (Phi) is 8.28. The molecule has 10 aromatic carbocycles. The summed E-state index contributed by atoms with van der Waals surface area (Å²) in [5, 5.41) is 14.1. The van der Waals surface area contributed by atoms with Gasteiger partial charge in [-0.25, -0.2) is 0 Å². The highest BCUT2D eigenvalue weighted by molar-refractivity contribution is 6.38. The maximum atomic E-state index is 3.91. The van der Waals surface area contributed by atoms with Crippen LogP contribution in [0.2, 0.25) is 0 Å². The van der Waals surface area contributed by atoms with Crippen molar-refractivity contribution in [2.24, 2.45) is 0 Å². The number of nitrogens with one attached hydrogen (secondary N) is 1. The first-order valence-electron chi connectivity index (χ1n) is 21.1. The molecule has 1 aliphatic heterocycles. The van der Waals surface area contributed by atoms with Gasteiger partial charge in [-0.15, -0.1) is 0 Å². The summed E-state index contributed by atoms with van der Waals surface area (Å²) in [6, 6.07) is 79.5. The third-order valence-corrected chi connectivity index (χ3v) is 12.6. The quantitative estimate of drug-likeness (QED) is 0.166. The largest absolute Gasteiger partial charge is 0.374 e. The Morgan fingerprint density at radius 2 is 0.918 bits per heavy atom. The second-order valence-corrected chi connectivity index (χ2v) is 16.1. The lowest BCUT2D eigenvalue weighted by Crippen LogP contribution is -2.21. The Hall–Kier alpha value is -7.94. The van der Waals surface area contributed by atoms with Crippen molar-refractivity contribution in [3.8, 4) is 27.9 Å². The summed E-state index contributed by atoms with van der Waals surface area (Å²) >= 11 is 0. The number of hydrogen-bond acceptors (Lipinski definition) is 1. The SMILES string of the molecule is C1=C(c2ccccc2)C=C(c2ccc(-c3ccccc3)cc2)NC1c1ccc(-c2cc3c4ccccc4c4c(c5ccccc5n4-c4ccccc4)c3c3ccccc23)cc1. The van der Waals surface area contributed by atoms with Crippen molar-refractivity contribution in [1.82, 2.24) is 9.88 Å². The molecule has 61 heavy (non-hydrogen) atoms. The lowest BCUT2D eigenvalue weighted by molar-refractivity contribution is 0.767. The van der Waals surface area contributed by atoms with Gasteiger partial charge in [0.05, 0.1) is 17.1 Å². The van der Waals surface area contributed by atoms with Crippen molar-refractivity contribution < 1.29 is 0 Å². The van der Waals surface area contributed by atoms with Crippen LogP contribution in [-0.4, -0.2) is 4.57 Å². The molecule has 0 fully saturated rings. The average Bonchev–Trinajstić information content (AvgIpc) is 3.70. The van der Waals surface area contributed by atoms with Gasteiger partial charge in [0.1, 0.15) is 0 Å². The van der Waals surface area contributed by atoms with E-state index in [2.05, 4.69) is 240 Å². The van der Waals surface area contributed by atoms with Gasteiger partial charge in [-0.05, 0) is 102 Å². The number of allylic oxidation sites excluding steroid dienone is 2. The third kappa shape index (κ3) is 5.87. The van der Waals surface area contributed by atoms with Crippen LogP contribution >= 0.6 is 0 Å². The summed E-state index contributed by atoms with van der Waals surface area (Å²) in [6.45, 7) is 0. The van der Waals surface area contributed by atoms with E-state index >= 15 is 0 Å². The second kappa shape index (κ2) is 14.4. The first-order chi connectivity index (χ1) is 30.3. The van der Waals surface area contributed by atoms with Gasteiger partial charge in [-0.1, -0.05) is 194 Å². The minimum atomic E-state index is -0.00874. The zero-order chi connectivity index (χ0) is 40.3. The molecule has 0 aliphatic carbocycles. The summed E-state index contributed by atoms with van der Waals surface area (Å²) in [6.07, 6.45) is 4.65. The normalized spacial score (nSPS) is 14.1. The van der Waals surface area contributed by atoms with Gasteiger partial charge >= 0.3 is 0 Å². The number of fused-ring (bicyclic) bond motifs is 10. The Labute approximate surface area is 355 Å². The zero-order valence-corrected chi connectivity index (χ0v) is 33.5.